The summed E-state index contributed by atoms with van der Waals surface area (Å²) in [5.74, 6) is 0.997. The molecule has 20 heavy (non-hydrogen) atoms. The van der Waals surface area contributed by atoms with Crippen molar-refractivity contribution in [2.45, 2.75) is 58.7 Å². The van der Waals surface area contributed by atoms with Crippen LogP contribution in [0.25, 0.3) is 0 Å². The van der Waals surface area contributed by atoms with Crippen LogP contribution in [0.3, 0.4) is 0 Å². The van der Waals surface area contributed by atoms with E-state index in [2.05, 4.69) is 38.1 Å². The molecule has 0 N–H and O–H groups in total. The molecule has 1 saturated heterocycles. The molecular formula is C18H26O2. The minimum absolute atomic E-state index is 0.192. The highest BCUT2D eigenvalue weighted by Gasteiger charge is 2.32. The van der Waals surface area contributed by atoms with Gasteiger partial charge in [-0.1, -0.05) is 44.2 Å². The zero-order chi connectivity index (χ0) is 14.5. The Balaban J connectivity index is 1.94. The van der Waals surface area contributed by atoms with E-state index in [9.17, 15) is 4.79 Å². The van der Waals surface area contributed by atoms with Crippen LogP contribution in [0.1, 0.15) is 45.6 Å². The Kier molecular flexibility index (Phi) is 5.36. The van der Waals surface area contributed by atoms with E-state index in [1.54, 1.807) is 6.92 Å². The fourth-order valence-corrected chi connectivity index (χ4v) is 2.97. The minimum Gasteiger partial charge on any atom is -0.375 e. The Hall–Kier alpha value is -1.15. The number of ketones is 1. The van der Waals surface area contributed by atoms with Crippen molar-refractivity contribution in [2.75, 3.05) is 0 Å². The van der Waals surface area contributed by atoms with Gasteiger partial charge in [-0.05, 0) is 44.1 Å². The first kappa shape index (κ1) is 15.2. The third-order valence-electron chi connectivity index (χ3n) is 4.35. The fraction of sp³-hybridized carbons (Fsp3) is 0.611. The van der Waals surface area contributed by atoms with E-state index in [0.29, 0.717) is 11.7 Å². The quantitative estimate of drug-likeness (QED) is 0.810. The predicted octanol–water partition coefficient (Wildman–Crippen LogP) is 4.03. The van der Waals surface area contributed by atoms with Gasteiger partial charge in [0.1, 0.15) is 5.78 Å². The molecule has 0 bridgehead atoms. The van der Waals surface area contributed by atoms with Crippen LogP contribution in [0.4, 0.5) is 0 Å². The third kappa shape index (κ3) is 4.17. The van der Waals surface area contributed by atoms with Crippen LogP contribution in [-0.2, 0) is 16.0 Å². The molecule has 0 aliphatic carbocycles. The lowest BCUT2D eigenvalue weighted by atomic mass is 9.84. The van der Waals surface area contributed by atoms with E-state index in [1.165, 1.54) is 5.56 Å². The maximum Gasteiger partial charge on any atom is 0.133 e. The highest BCUT2D eigenvalue weighted by molar-refractivity contribution is 5.78. The molecule has 0 spiro atoms. The molecule has 1 aromatic carbocycles. The van der Waals surface area contributed by atoms with Crippen molar-refractivity contribution in [1.82, 2.24) is 0 Å². The molecule has 0 aromatic heterocycles. The fourth-order valence-electron chi connectivity index (χ4n) is 2.97. The zero-order valence-corrected chi connectivity index (χ0v) is 12.8. The van der Waals surface area contributed by atoms with Crippen LogP contribution in [0, 0.1) is 11.8 Å². The van der Waals surface area contributed by atoms with Crippen LogP contribution in [0.15, 0.2) is 30.3 Å². The van der Waals surface area contributed by atoms with Gasteiger partial charge >= 0.3 is 0 Å². The summed E-state index contributed by atoms with van der Waals surface area (Å²) in [4.78, 5) is 11.7. The Morgan fingerprint density at radius 3 is 2.55 bits per heavy atom. The highest BCUT2D eigenvalue weighted by atomic mass is 16.5. The number of ether oxygens (including phenoxy) is 1. The van der Waals surface area contributed by atoms with Crippen molar-refractivity contribution in [3.8, 4) is 0 Å². The monoisotopic (exact) mass is 274 g/mol. The van der Waals surface area contributed by atoms with E-state index < -0.39 is 0 Å². The molecule has 110 valence electrons. The molecule has 2 rings (SSSR count). The molecule has 1 aromatic rings. The SMILES string of the molecule is CC(=O)[C@@H]1C[C@@H](CCc2ccccc2)O[C@@H](C(C)C)C1. The molecular weight excluding hydrogens is 248 g/mol. The molecule has 0 amide bonds. The largest absolute Gasteiger partial charge is 0.375 e. The molecule has 0 saturated carbocycles. The van der Waals surface area contributed by atoms with Crippen LogP contribution in [0.5, 0.6) is 0 Å². The van der Waals surface area contributed by atoms with E-state index in [1.807, 2.05) is 6.07 Å². The number of rotatable bonds is 5. The first-order valence-electron chi connectivity index (χ1n) is 7.76. The van der Waals surface area contributed by atoms with E-state index in [0.717, 1.165) is 25.7 Å². The summed E-state index contributed by atoms with van der Waals surface area (Å²) in [6.07, 6.45) is 4.29. The molecule has 2 nitrogen and oxygen atoms in total. The van der Waals surface area contributed by atoms with Crippen molar-refractivity contribution in [3.63, 3.8) is 0 Å². The molecule has 3 atom stereocenters. The average molecular weight is 274 g/mol. The van der Waals surface area contributed by atoms with Crippen molar-refractivity contribution in [3.05, 3.63) is 35.9 Å². The van der Waals surface area contributed by atoms with Gasteiger partial charge in [-0.3, -0.25) is 4.79 Å². The molecule has 1 heterocycles. The average Bonchev–Trinajstić information content (AvgIpc) is 2.45. The number of aryl methyl sites for hydroxylation is 1. The highest BCUT2D eigenvalue weighted by Crippen LogP contribution is 2.31. The Morgan fingerprint density at radius 2 is 1.95 bits per heavy atom. The lowest BCUT2D eigenvalue weighted by molar-refractivity contribution is -0.134. The standard InChI is InChI=1S/C18H26O2/c1-13(2)18-12-16(14(3)19)11-17(20-18)10-9-15-7-5-4-6-8-15/h4-8,13,16-18H,9-12H2,1-3H3/t16-,17-,18-/m1/s1. The number of Topliss-reactive ketones (excluding diaryl/α,β-unsaturated/α-hetero) is 1. The summed E-state index contributed by atoms with van der Waals surface area (Å²) in [7, 11) is 0. The second-order valence-electron chi connectivity index (χ2n) is 6.34. The number of hydrogen-bond donors (Lipinski definition) is 0. The zero-order valence-electron chi connectivity index (χ0n) is 12.8. The molecule has 1 fully saturated rings. The van der Waals surface area contributed by atoms with E-state index in [-0.39, 0.29) is 18.1 Å². The summed E-state index contributed by atoms with van der Waals surface area (Å²) in [6.45, 7) is 6.09. The van der Waals surface area contributed by atoms with Gasteiger partial charge in [0.2, 0.25) is 0 Å². The normalized spacial score (nSPS) is 26.7. The van der Waals surface area contributed by atoms with E-state index >= 15 is 0 Å². The number of hydrogen-bond acceptors (Lipinski definition) is 2. The predicted molar refractivity (Wildman–Crippen MR) is 81.7 cm³/mol. The summed E-state index contributed by atoms with van der Waals surface area (Å²) < 4.78 is 6.20. The van der Waals surface area contributed by atoms with Gasteiger partial charge in [0.05, 0.1) is 12.2 Å². The Morgan fingerprint density at radius 1 is 1.25 bits per heavy atom. The number of carbonyl (C=O) groups excluding carboxylic acids is 1. The summed E-state index contributed by atoms with van der Waals surface area (Å²) in [6, 6.07) is 10.5. The molecule has 0 unspecified atom stereocenters. The summed E-state index contributed by atoms with van der Waals surface area (Å²) in [5, 5.41) is 0. The number of carbonyl (C=O) groups is 1. The topological polar surface area (TPSA) is 26.3 Å². The third-order valence-corrected chi connectivity index (χ3v) is 4.35. The van der Waals surface area contributed by atoms with Crippen LogP contribution in [0.2, 0.25) is 0 Å². The van der Waals surface area contributed by atoms with Gasteiger partial charge in [-0.25, -0.2) is 0 Å². The lowest BCUT2D eigenvalue weighted by Gasteiger charge is -2.36. The van der Waals surface area contributed by atoms with Gasteiger partial charge in [-0.2, -0.15) is 0 Å². The summed E-state index contributed by atoms with van der Waals surface area (Å²) in [5.41, 5.74) is 1.35. The first-order chi connectivity index (χ1) is 9.56. The smallest absolute Gasteiger partial charge is 0.133 e. The van der Waals surface area contributed by atoms with Gasteiger partial charge < -0.3 is 4.74 Å². The van der Waals surface area contributed by atoms with Gasteiger partial charge in [0, 0.05) is 5.92 Å². The first-order valence-corrected chi connectivity index (χ1v) is 7.76. The molecule has 0 radical (unpaired) electrons. The maximum absolute atomic E-state index is 11.7. The Bertz CT molecular complexity index is 424. The van der Waals surface area contributed by atoms with E-state index in [4.69, 9.17) is 4.74 Å². The number of benzene rings is 1. The maximum atomic E-state index is 11.7. The van der Waals surface area contributed by atoms with Gasteiger partial charge in [0.15, 0.2) is 0 Å². The van der Waals surface area contributed by atoms with Crippen molar-refractivity contribution in [1.29, 1.82) is 0 Å². The Labute approximate surface area is 122 Å². The van der Waals surface area contributed by atoms with Crippen LogP contribution in [-0.4, -0.2) is 18.0 Å². The lowest BCUT2D eigenvalue weighted by Crippen LogP contribution is -2.38. The van der Waals surface area contributed by atoms with Crippen molar-refractivity contribution in [2.24, 2.45) is 11.8 Å². The second kappa shape index (κ2) is 7.03. The minimum atomic E-state index is 0.192. The van der Waals surface area contributed by atoms with Crippen molar-refractivity contribution >= 4 is 5.78 Å². The van der Waals surface area contributed by atoms with Crippen LogP contribution < -0.4 is 0 Å². The molecule has 2 heteroatoms. The van der Waals surface area contributed by atoms with Crippen molar-refractivity contribution < 1.29 is 9.53 Å². The van der Waals surface area contributed by atoms with Crippen LogP contribution >= 0.6 is 0 Å². The molecule has 1 aliphatic heterocycles. The molecule has 1 aliphatic rings. The second-order valence-corrected chi connectivity index (χ2v) is 6.34. The summed E-state index contributed by atoms with van der Waals surface area (Å²) >= 11 is 0. The van der Waals surface area contributed by atoms with Gasteiger partial charge in [0.25, 0.3) is 0 Å². The van der Waals surface area contributed by atoms with Gasteiger partial charge in [-0.15, -0.1) is 0 Å².